The largest absolute Gasteiger partial charge is 0.309 e. The van der Waals surface area contributed by atoms with Crippen LogP contribution in [0.1, 0.15) is 49.8 Å². The van der Waals surface area contributed by atoms with E-state index in [-0.39, 0.29) is 5.91 Å². The number of carbonyl (C=O) groups excluding carboxylic acids is 1. The Morgan fingerprint density at radius 1 is 0.931 bits per heavy atom. The second kappa shape index (κ2) is 9.46. The molecule has 0 saturated heterocycles. The van der Waals surface area contributed by atoms with E-state index in [0.29, 0.717) is 24.6 Å². The Morgan fingerprint density at radius 2 is 1.62 bits per heavy atom. The van der Waals surface area contributed by atoms with Crippen molar-refractivity contribution in [2.45, 2.75) is 44.9 Å². The molecule has 148 valence electrons. The van der Waals surface area contributed by atoms with Gasteiger partial charge in [0, 0.05) is 18.4 Å². The van der Waals surface area contributed by atoms with E-state index in [4.69, 9.17) is 4.98 Å². The van der Waals surface area contributed by atoms with Crippen molar-refractivity contribution in [3.05, 3.63) is 78.1 Å². The molecule has 29 heavy (non-hydrogen) atoms. The molecule has 1 saturated carbocycles. The van der Waals surface area contributed by atoms with E-state index in [1.54, 1.807) is 6.20 Å². The summed E-state index contributed by atoms with van der Waals surface area (Å²) in [5.41, 5.74) is 3.79. The van der Waals surface area contributed by atoms with Gasteiger partial charge in [0.1, 0.15) is 0 Å². The molecule has 2 aromatic carbocycles. The molecule has 0 unspecified atom stereocenters. The lowest BCUT2D eigenvalue weighted by Gasteiger charge is -2.21. The Morgan fingerprint density at radius 3 is 2.34 bits per heavy atom. The summed E-state index contributed by atoms with van der Waals surface area (Å²) < 4.78 is 0. The topological polar surface area (TPSA) is 54.9 Å². The van der Waals surface area contributed by atoms with Crippen molar-refractivity contribution in [1.29, 1.82) is 0 Å². The maximum Gasteiger partial charge on any atom is 0.225 e. The Hall–Kier alpha value is -3.01. The molecule has 0 atom stereocenters. The standard InChI is InChI=1S/C25H27N3O/c29-24(17-20-12-6-2-7-13-20)28-25-22(16-19-10-4-1-5-11-19)27-23(18-26-25)21-14-8-3-9-15-21/h1,3-5,8-11,14-15,18,20H,2,6-7,12-13,16-17H2,(H,26,28,29). The lowest BCUT2D eigenvalue weighted by Crippen LogP contribution is -2.20. The van der Waals surface area contributed by atoms with Gasteiger partial charge in [0.25, 0.3) is 0 Å². The molecule has 1 amide bonds. The molecule has 1 fully saturated rings. The van der Waals surface area contributed by atoms with Crippen LogP contribution in [-0.2, 0) is 11.2 Å². The average molecular weight is 386 g/mol. The van der Waals surface area contributed by atoms with Gasteiger partial charge in [-0.1, -0.05) is 79.9 Å². The fourth-order valence-corrected chi connectivity index (χ4v) is 4.03. The van der Waals surface area contributed by atoms with Crippen molar-refractivity contribution < 1.29 is 4.79 Å². The monoisotopic (exact) mass is 385 g/mol. The summed E-state index contributed by atoms with van der Waals surface area (Å²) in [6, 6.07) is 20.2. The molecule has 4 rings (SSSR count). The molecule has 0 aliphatic heterocycles. The molecular weight excluding hydrogens is 358 g/mol. The average Bonchev–Trinajstić information content (AvgIpc) is 2.77. The third-order valence-corrected chi connectivity index (χ3v) is 5.59. The van der Waals surface area contributed by atoms with E-state index < -0.39 is 0 Å². The van der Waals surface area contributed by atoms with Gasteiger partial charge in [0.2, 0.25) is 5.91 Å². The number of amides is 1. The number of anilines is 1. The number of carbonyl (C=O) groups is 1. The number of hydrogen-bond acceptors (Lipinski definition) is 3. The zero-order valence-electron chi connectivity index (χ0n) is 16.7. The smallest absolute Gasteiger partial charge is 0.225 e. The summed E-state index contributed by atoms with van der Waals surface area (Å²) in [6.45, 7) is 0. The first-order chi connectivity index (χ1) is 14.3. The summed E-state index contributed by atoms with van der Waals surface area (Å²) in [6.07, 6.45) is 9.05. The van der Waals surface area contributed by atoms with E-state index in [9.17, 15) is 4.79 Å². The molecular formula is C25H27N3O. The Balaban J connectivity index is 1.56. The van der Waals surface area contributed by atoms with Gasteiger partial charge in [-0.05, 0) is 24.3 Å². The van der Waals surface area contributed by atoms with Gasteiger partial charge >= 0.3 is 0 Å². The van der Waals surface area contributed by atoms with E-state index in [1.165, 1.54) is 19.3 Å². The van der Waals surface area contributed by atoms with Gasteiger partial charge < -0.3 is 5.32 Å². The van der Waals surface area contributed by atoms with Crippen molar-refractivity contribution in [2.24, 2.45) is 5.92 Å². The molecule has 4 heteroatoms. The van der Waals surface area contributed by atoms with Crippen LogP contribution in [0.3, 0.4) is 0 Å². The normalized spacial score (nSPS) is 14.5. The maximum atomic E-state index is 12.7. The van der Waals surface area contributed by atoms with Gasteiger partial charge in [-0.25, -0.2) is 9.97 Å². The molecule has 0 spiro atoms. The van der Waals surface area contributed by atoms with Gasteiger partial charge in [-0.3, -0.25) is 4.79 Å². The molecule has 1 heterocycles. The lowest BCUT2D eigenvalue weighted by molar-refractivity contribution is -0.117. The molecule has 4 nitrogen and oxygen atoms in total. The minimum atomic E-state index is 0.0490. The van der Waals surface area contributed by atoms with E-state index in [1.807, 2.05) is 48.5 Å². The maximum absolute atomic E-state index is 12.7. The lowest BCUT2D eigenvalue weighted by atomic mass is 9.87. The Bertz CT molecular complexity index is 935. The van der Waals surface area contributed by atoms with Crippen molar-refractivity contribution in [2.75, 3.05) is 5.32 Å². The summed E-state index contributed by atoms with van der Waals surface area (Å²) in [5.74, 6) is 1.13. The number of benzene rings is 2. The predicted octanol–water partition coefficient (Wildman–Crippen LogP) is 5.64. The summed E-state index contributed by atoms with van der Waals surface area (Å²) >= 11 is 0. The highest BCUT2D eigenvalue weighted by Gasteiger charge is 2.19. The van der Waals surface area contributed by atoms with Crippen LogP contribution in [0.25, 0.3) is 11.3 Å². The quantitative estimate of drug-likeness (QED) is 0.597. The van der Waals surface area contributed by atoms with E-state index >= 15 is 0 Å². The van der Waals surface area contributed by atoms with Crippen LogP contribution in [0.2, 0.25) is 0 Å². The van der Waals surface area contributed by atoms with Gasteiger partial charge in [0.05, 0.1) is 17.6 Å². The number of nitrogens with one attached hydrogen (secondary N) is 1. The number of aromatic nitrogens is 2. The van der Waals surface area contributed by atoms with Crippen LogP contribution in [0, 0.1) is 5.92 Å². The summed E-state index contributed by atoms with van der Waals surface area (Å²) in [5, 5.41) is 3.04. The molecule has 0 bridgehead atoms. The molecule has 0 radical (unpaired) electrons. The van der Waals surface area contributed by atoms with Crippen molar-refractivity contribution in [3.63, 3.8) is 0 Å². The van der Waals surface area contributed by atoms with Gasteiger partial charge in [0.15, 0.2) is 5.82 Å². The van der Waals surface area contributed by atoms with E-state index in [2.05, 4.69) is 22.4 Å². The van der Waals surface area contributed by atoms with Crippen molar-refractivity contribution in [3.8, 4) is 11.3 Å². The van der Waals surface area contributed by atoms with Crippen molar-refractivity contribution >= 4 is 11.7 Å². The summed E-state index contributed by atoms with van der Waals surface area (Å²) in [4.78, 5) is 22.1. The number of nitrogens with zero attached hydrogens (tertiary/aromatic N) is 2. The Labute approximate surface area is 172 Å². The highest BCUT2D eigenvalue weighted by molar-refractivity contribution is 5.90. The third kappa shape index (κ3) is 5.29. The van der Waals surface area contributed by atoms with Crippen LogP contribution in [0.5, 0.6) is 0 Å². The van der Waals surface area contributed by atoms with Crippen LogP contribution in [0.15, 0.2) is 66.9 Å². The zero-order valence-corrected chi connectivity index (χ0v) is 16.7. The van der Waals surface area contributed by atoms with Gasteiger partial charge in [-0.2, -0.15) is 0 Å². The predicted molar refractivity (Wildman–Crippen MR) is 117 cm³/mol. The SMILES string of the molecule is O=C(CC1CCCCC1)Nc1ncc(-c2ccccc2)nc1Cc1ccccc1. The van der Waals surface area contributed by atoms with Crippen LogP contribution in [0.4, 0.5) is 5.82 Å². The molecule has 3 aromatic rings. The van der Waals surface area contributed by atoms with Crippen LogP contribution >= 0.6 is 0 Å². The van der Waals surface area contributed by atoms with Crippen molar-refractivity contribution in [1.82, 2.24) is 9.97 Å². The molecule has 1 aliphatic carbocycles. The highest BCUT2D eigenvalue weighted by Crippen LogP contribution is 2.27. The van der Waals surface area contributed by atoms with Gasteiger partial charge in [-0.15, -0.1) is 0 Å². The first-order valence-corrected chi connectivity index (χ1v) is 10.5. The molecule has 1 aliphatic rings. The fraction of sp³-hybridized carbons (Fsp3) is 0.320. The Kier molecular flexibility index (Phi) is 6.30. The minimum absolute atomic E-state index is 0.0490. The van der Waals surface area contributed by atoms with Crippen LogP contribution < -0.4 is 5.32 Å². The zero-order chi connectivity index (χ0) is 19.9. The first-order valence-electron chi connectivity index (χ1n) is 10.5. The second-order valence-electron chi connectivity index (χ2n) is 7.84. The van der Waals surface area contributed by atoms with E-state index in [0.717, 1.165) is 35.4 Å². The number of hydrogen-bond donors (Lipinski definition) is 1. The molecule has 1 N–H and O–H groups in total. The highest BCUT2D eigenvalue weighted by atomic mass is 16.1. The first kappa shape index (κ1) is 19.3. The minimum Gasteiger partial charge on any atom is -0.309 e. The number of rotatable bonds is 6. The second-order valence-corrected chi connectivity index (χ2v) is 7.84. The third-order valence-electron chi connectivity index (χ3n) is 5.59. The van der Waals surface area contributed by atoms with Crippen LogP contribution in [-0.4, -0.2) is 15.9 Å². The summed E-state index contributed by atoms with van der Waals surface area (Å²) in [7, 11) is 0. The molecule has 1 aromatic heterocycles. The fourth-order valence-electron chi connectivity index (χ4n) is 4.03.